The predicted molar refractivity (Wildman–Crippen MR) is 114 cm³/mol. The molecule has 2 aromatic carbocycles. The Morgan fingerprint density at radius 1 is 1.27 bits per heavy atom. The van der Waals surface area contributed by atoms with E-state index in [-0.39, 0.29) is 24.0 Å². The number of anilines is 1. The Kier molecular flexibility index (Phi) is 7.26. The molecule has 11 heteroatoms. The second-order valence-corrected chi connectivity index (χ2v) is 7.41. The molecule has 0 unspecified atom stereocenters. The Balaban J connectivity index is 1.57. The average molecular weight is 448 g/mol. The van der Waals surface area contributed by atoms with Crippen LogP contribution in [0.5, 0.6) is 5.75 Å². The van der Waals surface area contributed by atoms with Gasteiger partial charge in [0.05, 0.1) is 10.7 Å². The number of hydrogen-bond donors (Lipinski definition) is 1. The highest BCUT2D eigenvalue weighted by molar-refractivity contribution is 7.99. The van der Waals surface area contributed by atoms with E-state index in [0.29, 0.717) is 34.0 Å². The van der Waals surface area contributed by atoms with E-state index in [1.54, 1.807) is 30.3 Å². The highest BCUT2D eigenvalue weighted by Gasteiger charge is 2.14. The van der Waals surface area contributed by atoms with Gasteiger partial charge in [0.2, 0.25) is 5.91 Å². The molecule has 1 amide bonds. The van der Waals surface area contributed by atoms with Gasteiger partial charge >= 0.3 is 0 Å². The van der Waals surface area contributed by atoms with Crippen LogP contribution in [0.4, 0.5) is 11.4 Å². The minimum atomic E-state index is -0.512. The van der Waals surface area contributed by atoms with Gasteiger partial charge in [0.15, 0.2) is 11.0 Å². The molecular weight excluding hydrogens is 430 g/mol. The zero-order valence-corrected chi connectivity index (χ0v) is 17.5. The summed E-state index contributed by atoms with van der Waals surface area (Å²) in [5.74, 6) is 1.08. The van der Waals surface area contributed by atoms with Crippen molar-refractivity contribution in [1.82, 2.24) is 14.8 Å². The van der Waals surface area contributed by atoms with Crippen LogP contribution >= 0.6 is 23.4 Å². The fourth-order valence-corrected chi connectivity index (χ4v) is 3.50. The standard InChI is InChI=1S/C19H18ClN5O4S/c1-2-24-17(11-29-16-8-6-13(20)7-9-16)22-23-19(24)30-12-18(26)21-14-4-3-5-15(10-14)25(27)28/h3-10H,2,11-12H2,1H3,(H,21,26). The summed E-state index contributed by atoms with van der Waals surface area (Å²) in [5, 5.41) is 23.0. The Morgan fingerprint density at radius 2 is 2.03 bits per heavy atom. The number of nitrogens with zero attached hydrogens (tertiary/aromatic N) is 4. The van der Waals surface area contributed by atoms with Crippen LogP contribution in [-0.4, -0.2) is 31.3 Å². The van der Waals surface area contributed by atoms with Crippen molar-refractivity contribution in [3.8, 4) is 5.75 Å². The Labute approximate surface area is 181 Å². The molecule has 0 atom stereocenters. The minimum absolute atomic E-state index is 0.0822. The quantitative estimate of drug-likeness (QED) is 0.297. The predicted octanol–water partition coefficient (Wildman–Crippen LogP) is 4.17. The summed E-state index contributed by atoms with van der Waals surface area (Å²) in [7, 11) is 0. The first-order chi connectivity index (χ1) is 14.5. The monoisotopic (exact) mass is 447 g/mol. The third-order valence-electron chi connectivity index (χ3n) is 3.96. The van der Waals surface area contributed by atoms with Gasteiger partial charge < -0.3 is 14.6 Å². The molecule has 0 saturated heterocycles. The first-order valence-electron chi connectivity index (χ1n) is 8.94. The van der Waals surface area contributed by atoms with Gasteiger partial charge in [-0.25, -0.2) is 0 Å². The van der Waals surface area contributed by atoms with E-state index in [9.17, 15) is 14.9 Å². The first-order valence-corrected chi connectivity index (χ1v) is 10.3. The van der Waals surface area contributed by atoms with Crippen molar-refractivity contribution in [2.75, 3.05) is 11.1 Å². The van der Waals surface area contributed by atoms with E-state index in [1.165, 1.54) is 30.0 Å². The second kappa shape index (κ2) is 10.1. The lowest BCUT2D eigenvalue weighted by molar-refractivity contribution is -0.384. The van der Waals surface area contributed by atoms with E-state index in [0.717, 1.165) is 0 Å². The van der Waals surface area contributed by atoms with Crippen LogP contribution in [0, 0.1) is 10.1 Å². The molecule has 0 saturated carbocycles. The second-order valence-electron chi connectivity index (χ2n) is 6.03. The molecule has 0 spiro atoms. The number of rotatable bonds is 9. The molecule has 0 aliphatic heterocycles. The molecule has 0 fully saturated rings. The fraction of sp³-hybridized carbons (Fsp3) is 0.211. The highest BCUT2D eigenvalue weighted by atomic mass is 35.5. The van der Waals surface area contributed by atoms with Crippen LogP contribution < -0.4 is 10.1 Å². The van der Waals surface area contributed by atoms with Gasteiger partial charge in [-0.2, -0.15) is 0 Å². The molecule has 0 radical (unpaired) electrons. The van der Waals surface area contributed by atoms with Crippen molar-refractivity contribution in [2.45, 2.75) is 25.2 Å². The van der Waals surface area contributed by atoms with Gasteiger partial charge in [-0.05, 0) is 37.3 Å². The number of aromatic nitrogens is 3. The van der Waals surface area contributed by atoms with Crippen molar-refractivity contribution in [3.63, 3.8) is 0 Å². The Hall–Kier alpha value is -3.11. The van der Waals surface area contributed by atoms with E-state index >= 15 is 0 Å². The number of nitrogens with one attached hydrogen (secondary N) is 1. The smallest absolute Gasteiger partial charge is 0.271 e. The van der Waals surface area contributed by atoms with Crippen molar-refractivity contribution in [2.24, 2.45) is 0 Å². The van der Waals surface area contributed by atoms with Crippen LogP contribution in [0.25, 0.3) is 0 Å². The zero-order valence-electron chi connectivity index (χ0n) is 15.9. The van der Waals surface area contributed by atoms with Gasteiger partial charge in [-0.3, -0.25) is 14.9 Å². The summed E-state index contributed by atoms with van der Waals surface area (Å²) in [5.41, 5.74) is 0.278. The van der Waals surface area contributed by atoms with E-state index in [2.05, 4.69) is 15.5 Å². The number of amides is 1. The molecule has 0 bridgehead atoms. The number of halogens is 1. The van der Waals surface area contributed by atoms with Gasteiger partial charge in [-0.1, -0.05) is 29.4 Å². The van der Waals surface area contributed by atoms with E-state index < -0.39 is 4.92 Å². The summed E-state index contributed by atoms with van der Waals surface area (Å²) < 4.78 is 7.57. The third-order valence-corrected chi connectivity index (χ3v) is 5.18. The lowest BCUT2D eigenvalue weighted by Crippen LogP contribution is -2.15. The number of benzene rings is 2. The lowest BCUT2D eigenvalue weighted by atomic mass is 10.3. The summed E-state index contributed by atoms with van der Waals surface area (Å²) in [4.78, 5) is 22.5. The van der Waals surface area contributed by atoms with Crippen molar-refractivity contribution in [1.29, 1.82) is 0 Å². The molecule has 3 aromatic rings. The van der Waals surface area contributed by atoms with E-state index in [4.69, 9.17) is 16.3 Å². The fourth-order valence-electron chi connectivity index (χ4n) is 2.55. The number of non-ortho nitro benzene ring substituents is 1. The normalized spacial score (nSPS) is 10.6. The van der Waals surface area contributed by atoms with Crippen molar-refractivity contribution < 1.29 is 14.5 Å². The molecule has 156 valence electrons. The lowest BCUT2D eigenvalue weighted by Gasteiger charge is -2.09. The van der Waals surface area contributed by atoms with Gasteiger partial charge in [0, 0.05) is 29.4 Å². The van der Waals surface area contributed by atoms with Gasteiger partial charge in [-0.15, -0.1) is 10.2 Å². The maximum atomic E-state index is 12.2. The first kappa shape index (κ1) is 21.6. The summed E-state index contributed by atoms with van der Waals surface area (Å²) >= 11 is 7.09. The SMILES string of the molecule is CCn1c(COc2ccc(Cl)cc2)nnc1SCC(=O)Nc1cccc([N+](=O)[O-])c1. The molecular formula is C19H18ClN5O4S. The topological polar surface area (TPSA) is 112 Å². The number of nitro groups is 1. The third kappa shape index (κ3) is 5.71. The molecule has 1 heterocycles. The molecule has 30 heavy (non-hydrogen) atoms. The summed E-state index contributed by atoms with van der Waals surface area (Å²) in [6, 6.07) is 12.8. The number of carbonyl (C=O) groups is 1. The maximum absolute atomic E-state index is 12.2. The van der Waals surface area contributed by atoms with Gasteiger partial charge in [0.25, 0.3) is 5.69 Å². The molecule has 1 aromatic heterocycles. The Morgan fingerprint density at radius 3 is 2.73 bits per heavy atom. The van der Waals surface area contributed by atoms with Crippen LogP contribution in [0.15, 0.2) is 53.7 Å². The molecule has 0 aliphatic rings. The zero-order chi connectivity index (χ0) is 21.5. The Bertz CT molecular complexity index is 1040. The van der Waals surface area contributed by atoms with E-state index in [1.807, 2.05) is 11.5 Å². The summed E-state index contributed by atoms with van der Waals surface area (Å²) in [6.07, 6.45) is 0. The van der Waals surface area contributed by atoms with Crippen LogP contribution in [0.2, 0.25) is 5.02 Å². The highest BCUT2D eigenvalue weighted by Crippen LogP contribution is 2.21. The number of nitro benzene ring substituents is 1. The van der Waals surface area contributed by atoms with Crippen molar-refractivity contribution in [3.05, 3.63) is 69.5 Å². The van der Waals surface area contributed by atoms with Crippen LogP contribution in [0.1, 0.15) is 12.7 Å². The molecule has 9 nitrogen and oxygen atoms in total. The molecule has 0 aliphatic carbocycles. The largest absolute Gasteiger partial charge is 0.486 e. The average Bonchev–Trinajstić information content (AvgIpc) is 3.14. The number of carbonyl (C=O) groups excluding carboxylic acids is 1. The van der Waals surface area contributed by atoms with Crippen LogP contribution in [0.3, 0.4) is 0 Å². The van der Waals surface area contributed by atoms with Crippen LogP contribution in [-0.2, 0) is 17.9 Å². The summed E-state index contributed by atoms with van der Waals surface area (Å²) in [6.45, 7) is 2.78. The maximum Gasteiger partial charge on any atom is 0.271 e. The minimum Gasteiger partial charge on any atom is -0.486 e. The number of thioether (sulfide) groups is 1. The van der Waals surface area contributed by atoms with Crippen molar-refractivity contribution >= 4 is 40.6 Å². The number of hydrogen-bond acceptors (Lipinski definition) is 7. The van der Waals surface area contributed by atoms with Gasteiger partial charge in [0.1, 0.15) is 12.4 Å². The molecule has 1 N–H and O–H groups in total. The molecule has 3 rings (SSSR count). The number of ether oxygens (including phenoxy) is 1.